The van der Waals surface area contributed by atoms with Crippen LogP contribution in [0.4, 0.5) is 30.7 Å². The zero-order valence-corrected chi connectivity index (χ0v) is 26.5. The smallest absolute Gasteiger partial charge is 0.416 e. The number of halogens is 7. The first-order valence-electron chi connectivity index (χ1n) is 14.5. The second-order valence-corrected chi connectivity index (χ2v) is 12.0. The highest BCUT2D eigenvalue weighted by Gasteiger charge is 2.60. The maximum atomic E-state index is 14.3. The van der Waals surface area contributed by atoms with Gasteiger partial charge in [0.05, 0.1) is 43.3 Å². The van der Waals surface area contributed by atoms with Crippen LogP contribution in [0.15, 0.2) is 36.4 Å². The first kappa shape index (κ1) is 38.2. The van der Waals surface area contributed by atoms with Crippen molar-refractivity contribution in [3.05, 3.63) is 80.1 Å². The molecule has 1 aliphatic heterocycles. The van der Waals surface area contributed by atoms with Crippen molar-refractivity contribution in [3.8, 4) is 0 Å². The molecule has 0 radical (unpaired) electrons. The lowest BCUT2D eigenvalue weighted by Crippen LogP contribution is -2.63. The number of nitrogens with two attached hydrogens (primary N) is 1. The lowest BCUT2D eigenvalue weighted by Gasteiger charge is -2.47. The molecule has 1 saturated heterocycles. The van der Waals surface area contributed by atoms with Gasteiger partial charge < -0.3 is 20.1 Å². The number of nitro groups is 1. The normalized spacial score (nSPS) is 21.1. The Balaban J connectivity index is 2.18. The van der Waals surface area contributed by atoms with Gasteiger partial charge in [0.15, 0.2) is 0 Å². The first-order valence-corrected chi connectivity index (χ1v) is 14.5. The molecule has 0 aliphatic carbocycles. The average molecular weight is 694 g/mol. The van der Waals surface area contributed by atoms with E-state index in [1.54, 1.807) is 0 Å². The van der Waals surface area contributed by atoms with E-state index in [4.69, 9.17) is 10.5 Å². The topological polar surface area (TPSA) is 142 Å². The van der Waals surface area contributed by atoms with Crippen molar-refractivity contribution in [2.24, 2.45) is 11.7 Å². The SMILES string of the molecule is COC(=O)CC(C(=O)OC)[C@@]1([N+](=O)[O-])CCN(C(=O)C(C)(N)[C@H](C)c2cc(C(F)(F)F)cc(C(F)(F)F)c2)[C@@H](c2ccc(F)cc2C)C1. The fourth-order valence-corrected chi connectivity index (χ4v) is 6.12. The Labute approximate surface area is 270 Å². The maximum Gasteiger partial charge on any atom is 0.416 e. The molecule has 1 aliphatic rings. The monoisotopic (exact) mass is 693 g/mol. The summed E-state index contributed by atoms with van der Waals surface area (Å²) in [7, 11) is 1.96. The van der Waals surface area contributed by atoms with Gasteiger partial charge in [0, 0.05) is 30.2 Å². The van der Waals surface area contributed by atoms with Crippen LogP contribution in [-0.4, -0.2) is 59.5 Å². The van der Waals surface area contributed by atoms with Crippen molar-refractivity contribution in [3.63, 3.8) is 0 Å². The summed E-state index contributed by atoms with van der Waals surface area (Å²) in [5.74, 6) is -6.97. The molecule has 1 fully saturated rings. The van der Waals surface area contributed by atoms with Crippen LogP contribution in [0, 0.1) is 28.8 Å². The summed E-state index contributed by atoms with van der Waals surface area (Å²) >= 11 is 0. The summed E-state index contributed by atoms with van der Waals surface area (Å²) in [6.45, 7) is 3.21. The molecule has 0 spiro atoms. The fourth-order valence-electron chi connectivity index (χ4n) is 6.12. The van der Waals surface area contributed by atoms with Crippen LogP contribution in [0.25, 0.3) is 0 Å². The average Bonchev–Trinajstić information content (AvgIpc) is 3.00. The second-order valence-electron chi connectivity index (χ2n) is 12.0. The molecule has 2 aromatic carbocycles. The van der Waals surface area contributed by atoms with Gasteiger partial charge in [-0.1, -0.05) is 13.0 Å². The second kappa shape index (κ2) is 13.7. The van der Waals surface area contributed by atoms with Crippen LogP contribution in [0.5, 0.6) is 0 Å². The van der Waals surface area contributed by atoms with Gasteiger partial charge in [0.25, 0.3) is 0 Å². The molecule has 264 valence electrons. The van der Waals surface area contributed by atoms with Gasteiger partial charge in [-0.05, 0) is 60.9 Å². The van der Waals surface area contributed by atoms with Crippen LogP contribution in [0.2, 0.25) is 0 Å². The molecular formula is C31H34F7N3O7. The Morgan fingerprint density at radius 1 is 1.04 bits per heavy atom. The predicted octanol–water partition coefficient (Wildman–Crippen LogP) is 5.72. The van der Waals surface area contributed by atoms with Gasteiger partial charge in [-0.3, -0.25) is 24.5 Å². The summed E-state index contributed by atoms with van der Waals surface area (Å²) in [4.78, 5) is 52.5. The van der Waals surface area contributed by atoms with Crippen LogP contribution >= 0.6 is 0 Å². The molecular weight excluding hydrogens is 659 g/mol. The molecule has 0 saturated carbocycles. The Morgan fingerprint density at radius 3 is 2.06 bits per heavy atom. The minimum atomic E-state index is -5.17. The van der Waals surface area contributed by atoms with E-state index in [9.17, 15) is 55.2 Å². The molecule has 1 heterocycles. The van der Waals surface area contributed by atoms with E-state index < -0.39 is 112 Å². The Morgan fingerprint density at radius 2 is 1.60 bits per heavy atom. The molecule has 48 heavy (non-hydrogen) atoms. The zero-order chi connectivity index (χ0) is 36.6. The zero-order valence-electron chi connectivity index (χ0n) is 26.5. The number of esters is 2. The number of likely N-dealkylation sites (tertiary alicyclic amines) is 1. The van der Waals surface area contributed by atoms with Crippen molar-refractivity contribution >= 4 is 17.8 Å². The minimum Gasteiger partial charge on any atom is -0.469 e. The quantitative estimate of drug-likeness (QED) is 0.152. The highest BCUT2D eigenvalue weighted by molar-refractivity contribution is 5.88. The van der Waals surface area contributed by atoms with E-state index in [0.29, 0.717) is 12.1 Å². The largest absolute Gasteiger partial charge is 0.469 e. The van der Waals surface area contributed by atoms with Gasteiger partial charge in [-0.2, -0.15) is 26.3 Å². The van der Waals surface area contributed by atoms with E-state index >= 15 is 0 Å². The first-order chi connectivity index (χ1) is 22.0. The molecule has 2 unspecified atom stereocenters. The van der Waals surface area contributed by atoms with E-state index in [1.165, 1.54) is 19.9 Å². The molecule has 5 atom stereocenters. The van der Waals surface area contributed by atoms with Crippen molar-refractivity contribution in [2.45, 2.75) is 75.4 Å². The molecule has 2 aromatic rings. The summed E-state index contributed by atoms with van der Waals surface area (Å²) in [6.07, 6.45) is -12.3. The van der Waals surface area contributed by atoms with Crippen molar-refractivity contribution < 1.29 is 59.5 Å². The van der Waals surface area contributed by atoms with Gasteiger partial charge in [0.1, 0.15) is 11.7 Å². The number of nitrogens with zero attached hydrogens (tertiary/aromatic N) is 2. The third-order valence-electron chi connectivity index (χ3n) is 9.13. The number of piperidine rings is 1. The lowest BCUT2D eigenvalue weighted by atomic mass is 9.70. The van der Waals surface area contributed by atoms with Crippen LogP contribution in [-0.2, 0) is 36.2 Å². The van der Waals surface area contributed by atoms with Gasteiger partial charge in [0.2, 0.25) is 11.4 Å². The maximum absolute atomic E-state index is 14.3. The predicted molar refractivity (Wildman–Crippen MR) is 154 cm³/mol. The van der Waals surface area contributed by atoms with E-state index in [1.807, 2.05) is 0 Å². The van der Waals surface area contributed by atoms with Gasteiger partial charge in [-0.15, -0.1) is 0 Å². The summed E-state index contributed by atoms with van der Waals surface area (Å²) < 4.78 is 105. The van der Waals surface area contributed by atoms with Gasteiger partial charge >= 0.3 is 24.3 Å². The third kappa shape index (κ3) is 7.55. The van der Waals surface area contributed by atoms with Crippen molar-refractivity contribution in [1.82, 2.24) is 4.90 Å². The molecule has 1 amide bonds. The molecule has 17 heteroatoms. The number of hydrogen-bond donors (Lipinski definition) is 1. The van der Waals surface area contributed by atoms with Crippen LogP contribution in [0.3, 0.4) is 0 Å². The molecule has 10 nitrogen and oxygen atoms in total. The van der Waals surface area contributed by atoms with E-state index in [0.717, 1.165) is 38.2 Å². The number of alkyl halides is 6. The molecule has 3 rings (SSSR count). The number of carbonyl (C=O) groups is 3. The molecule has 2 N–H and O–H groups in total. The van der Waals surface area contributed by atoms with E-state index in [-0.39, 0.29) is 17.2 Å². The minimum absolute atomic E-state index is 0.0624. The number of methoxy groups -OCH3 is 2. The molecule has 0 aromatic heterocycles. The number of aryl methyl sites for hydroxylation is 1. The summed E-state index contributed by atoms with van der Waals surface area (Å²) in [6, 6.07) is 2.88. The van der Waals surface area contributed by atoms with Gasteiger partial charge in [-0.25, -0.2) is 4.39 Å². The number of benzene rings is 2. The van der Waals surface area contributed by atoms with E-state index in [2.05, 4.69) is 4.74 Å². The van der Waals surface area contributed by atoms with Crippen molar-refractivity contribution in [2.75, 3.05) is 20.8 Å². The Kier molecular flexibility index (Phi) is 10.9. The Bertz CT molecular complexity index is 1550. The number of amides is 1. The highest BCUT2D eigenvalue weighted by Crippen LogP contribution is 2.47. The lowest BCUT2D eigenvalue weighted by molar-refractivity contribution is -0.585. The summed E-state index contributed by atoms with van der Waals surface area (Å²) in [5.41, 5.74) is -1.39. The highest BCUT2D eigenvalue weighted by atomic mass is 19.4. The van der Waals surface area contributed by atoms with Crippen LogP contribution < -0.4 is 5.73 Å². The number of hydrogen-bond acceptors (Lipinski definition) is 8. The number of rotatable bonds is 9. The summed E-state index contributed by atoms with van der Waals surface area (Å²) in [5, 5.41) is 12.8. The number of ether oxygens (including phenoxy) is 2. The fraction of sp³-hybridized carbons (Fsp3) is 0.516. The third-order valence-corrected chi connectivity index (χ3v) is 9.13. The number of carbonyl (C=O) groups excluding carboxylic acids is 3. The molecule has 0 bridgehead atoms. The van der Waals surface area contributed by atoms with Crippen LogP contribution in [0.1, 0.15) is 72.9 Å². The Hall–Kier alpha value is -4.28. The standard InChI is InChI=1S/C31H34F7N3O7/c1-16-10-21(32)6-7-22(16)24-15-29(41(45)46,23(26(43)48-5)14-25(42)47-4)8-9-40(24)27(44)28(3,39)17(2)18-11-19(30(33,34)35)13-20(12-18)31(36,37)38/h6-7,10-13,17,23-24H,8-9,14-15,39H2,1-5H3/t17-,23?,24-,28?,29-/m1/s1. The van der Waals surface area contributed by atoms with Crippen molar-refractivity contribution in [1.29, 1.82) is 0 Å².